The topological polar surface area (TPSA) is 77.8 Å². The number of hydrogen-bond acceptors (Lipinski definition) is 5. The van der Waals surface area contributed by atoms with Crippen molar-refractivity contribution in [2.24, 2.45) is 0 Å². The molecule has 2 aromatic heterocycles. The van der Waals surface area contributed by atoms with Gasteiger partial charge in [0.05, 0.1) is 0 Å². The van der Waals surface area contributed by atoms with E-state index in [1.165, 1.54) is 0 Å². The van der Waals surface area contributed by atoms with Crippen LogP contribution in [0.2, 0.25) is 0 Å². The Morgan fingerprint density at radius 1 is 1.05 bits per heavy atom. The third-order valence-corrected chi connectivity index (χ3v) is 3.46. The molecule has 0 spiro atoms. The number of nitrogen functional groups attached to an aromatic ring is 1. The van der Waals surface area contributed by atoms with Gasteiger partial charge in [-0.15, -0.1) is 0 Å². The van der Waals surface area contributed by atoms with E-state index in [1.807, 2.05) is 51.1 Å². The van der Waals surface area contributed by atoms with Gasteiger partial charge in [0.25, 0.3) is 5.89 Å². The fourth-order valence-corrected chi connectivity index (χ4v) is 2.21. The van der Waals surface area contributed by atoms with Gasteiger partial charge in [0, 0.05) is 16.9 Å². The highest BCUT2D eigenvalue weighted by Crippen LogP contribution is 2.28. The Labute approximate surface area is 122 Å². The third kappa shape index (κ3) is 2.50. The van der Waals surface area contributed by atoms with Crippen molar-refractivity contribution >= 4 is 5.69 Å². The van der Waals surface area contributed by atoms with E-state index >= 15 is 0 Å². The highest BCUT2D eigenvalue weighted by molar-refractivity contribution is 5.67. The van der Waals surface area contributed by atoms with E-state index in [-0.39, 0.29) is 0 Å². The largest absolute Gasteiger partial charge is 0.399 e. The van der Waals surface area contributed by atoms with E-state index in [9.17, 15) is 0 Å². The van der Waals surface area contributed by atoms with Gasteiger partial charge < -0.3 is 10.3 Å². The maximum absolute atomic E-state index is 5.90. The average molecular weight is 280 g/mol. The Bertz CT molecular complexity index is 808. The molecule has 0 aliphatic rings. The smallest absolute Gasteiger partial charge is 0.258 e. The van der Waals surface area contributed by atoms with Crippen LogP contribution in [0.15, 0.2) is 34.9 Å². The maximum Gasteiger partial charge on any atom is 0.258 e. The normalized spacial score (nSPS) is 10.8. The lowest BCUT2D eigenvalue weighted by Crippen LogP contribution is -1.93. The van der Waals surface area contributed by atoms with Gasteiger partial charge in [-0.1, -0.05) is 11.2 Å². The Hall–Kier alpha value is -2.69. The molecule has 0 fully saturated rings. The monoisotopic (exact) mass is 280 g/mol. The molecule has 0 radical (unpaired) electrons. The molecule has 0 aliphatic heterocycles. The highest BCUT2D eigenvalue weighted by atomic mass is 16.5. The van der Waals surface area contributed by atoms with Gasteiger partial charge in [0.2, 0.25) is 5.82 Å². The molecule has 0 atom stereocenters. The second kappa shape index (κ2) is 5.01. The molecule has 5 heteroatoms. The van der Waals surface area contributed by atoms with Crippen molar-refractivity contribution < 1.29 is 4.52 Å². The second-order valence-electron chi connectivity index (χ2n) is 5.10. The molecular formula is C16H16N4O. The van der Waals surface area contributed by atoms with Crippen LogP contribution in [0.4, 0.5) is 5.69 Å². The molecule has 3 aromatic rings. The molecule has 0 saturated heterocycles. The Balaban J connectivity index is 2.07. The molecule has 106 valence electrons. The molecule has 0 amide bonds. The Morgan fingerprint density at radius 3 is 2.62 bits per heavy atom. The predicted octanol–water partition coefficient (Wildman–Crippen LogP) is 3.31. The number of nitrogens with zero attached hydrogens (tertiary/aromatic N) is 3. The summed E-state index contributed by atoms with van der Waals surface area (Å²) in [4.78, 5) is 8.84. The first-order chi connectivity index (χ1) is 10.0. The van der Waals surface area contributed by atoms with Crippen LogP contribution < -0.4 is 5.73 Å². The van der Waals surface area contributed by atoms with Crippen LogP contribution in [0.25, 0.3) is 23.0 Å². The highest BCUT2D eigenvalue weighted by Gasteiger charge is 2.15. The number of aryl methyl sites for hydroxylation is 2. The van der Waals surface area contributed by atoms with Crippen LogP contribution in [0.1, 0.15) is 16.8 Å². The van der Waals surface area contributed by atoms with Crippen molar-refractivity contribution in [2.75, 3.05) is 5.73 Å². The molecule has 21 heavy (non-hydrogen) atoms. The van der Waals surface area contributed by atoms with Crippen molar-refractivity contribution in [1.82, 2.24) is 15.1 Å². The molecular weight excluding hydrogens is 264 g/mol. The van der Waals surface area contributed by atoms with E-state index in [2.05, 4.69) is 15.1 Å². The summed E-state index contributed by atoms with van der Waals surface area (Å²) in [5, 5.41) is 4.01. The lowest BCUT2D eigenvalue weighted by Gasteiger charge is -2.06. The third-order valence-electron chi connectivity index (χ3n) is 3.46. The molecule has 0 bridgehead atoms. The van der Waals surface area contributed by atoms with Crippen molar-refractivity contribution in [1.29, 1.82) is 0 Å². The summed E-state index contributed by atoms with van der Waals surface area (Å²) in [6, 6.07) is 9.49. The first-order valence-corrected chi connectivity index (χ1v) is 6.69. The zero-order valence-corrected chi connectivity index (χ0v) is 12.2. The number of benzene rings is 1. The SMILES string of the molecule is Cc1cccc(-c2noc(-c3cc(N)cc(C)c3C)n2)n1. The van der Waals surface area contributed by atoms with Gasteiger partial charge in [0.1, 0.15) is 5.69 Å². The zero-order chi connectivity index (χ0) is 15.0. The van der Waals surface area contributed by atoms with Crippen LogP contribution in [0, 0.1) is 20.8 Å². The summed E-state index contributed by atoms with van der Waals surface area (Å²) < 4.78 is 5.38. The van der Waals surface area contributed by atoms with Crippen molar-refractivity contribution in [2.45, 2.75) is 20.8 Å². The Kier molecular flexibility index (Phi) is 3.17. The van der Waals surface area contributed by atoms with Crippen LogP contribution in [-0.2, 0) is 0 Å². The molecule has 3 rings (SSSR count). The Morgan fingerprint density at radius 2 is 1.86 bits per heavy atom. The van der Waals surface area contributed by atoms with Crippen molar-refractivity contribution in [3.8, 4) is 23.0 Å². The number of anilines is 1. The first kappa shape index (κ1) is 13.3. The summed E-state index contributed by atoms with van der Waals surface area (Å²) in [7, 11) is 0. The van der Waals surface area contributed by atoms with E-state index < -0.39 is 0 Å². The molecule has 1 aromatic carbocycles. The zero-order valence-electron chi connectivity index (χ0n) is 12.2. The summed E-state index contributed by atoms with van der Waals surface area (Å²) >= 11 is 0. The number of aromatic nitrogens is 3. The van der Waals surface area contributed by atoms with Crippen molar-refractivity contribution in [3.63, 3.8) is 0 Å². The molecule has 0 saturated carbocycles. The van der Waals surface area contributed by atoms with Gasteiger partial charge in [-0.3, -0.25) is 0 Å². The van der Waals surface area contributed by atoms with Gasteiger partial charge in [-0.05, 0) is 56.2 Å². The fraction of sp³-hybridized carbons (Fsp3) is 0.188. The number of rotatable bonds is 2. The van der Waals surface area contributed by atoms with Gasteiger partial charge in [0.15, 0.2) is 0 Å². The lowest BCUT2D eigenvalue weighted by atomic mass is 10.0. The fourth-order valence-electron chi connectivity index (χ4n) is 2.21. The molecule has 0 aliphatic carbocycles. The minimum atomic E-state index is 0.459. The molecule has 5 nitrogen and oxygen atoms in total. The number of hydrogen-bond donors (Lipinski definition) is 1. The maximum atomic E-state index is 5.90. The van der Waals surface area contributed by atoms with E-state index in [0.717, 1.165) is 22.4 Å². The van der Waals surface area contributed by atoms with Crippen LogP contribution in [-0.4, -0.2) is 15.1 Å². The molecule has 2 heterocycles. The first-order valence-electron chi connectivity index (χ1n) is 6.69. The summed E-state index contributed by atoms with van der Waals surface area (Å²) in [5.41, 5.74) is 11.2. The standard InChI is InChI=1S/C16H16N4O/c1-9-7-12(17)8-13(11(9)3)16-19-15(20-21-16)14-6-4-5-10(2)18-14/h4-8H,17H2,1-3H3. The second-order valence-corrected chi connectivity index (χ2v) is 5.10. The summed E-state index contributed by atoms with van der Waals surface area (Å²) in [6.45, 7) is 5.95. The van der Waals surface area contributed by atoms with Crippen molar-refractivity contribution in [3.05, 3.63) is 47.2 Å². The predicted molar refractivity (Wildman–Crippen MR) is 81.6 cm³/mol. The summed E-state index contributed by atoms with van der Waals surface area (Å²) in [6.07, 6.45) is 0. The minimum Gasteiger partial charge on any atom is -0.399 e. The molecule has 2 N–H and O–H groups in total. The molecule has 0 unspecified atom stereocenters. The van der Waals surface area contributed by atoms with Gasteiger partial charge >= 0.3 is 0 Å². The van der Waals surface area contributed by atoms with Gasteiger partial charge in [-0.2, -0.15) is 4.98 Å². The number of nitrogens with two attached hydrogens (primary N) is 1. The minimum absolute atomic E-state index is 0.459. The summed E-state index contributed by atoms with van der Waals surface area (Å²) in [5.74, 6) is 0.939. The van der Waals surface area contributed by atoms with Crippen LogP contribution >= 0.6 is 0 Å². The van der Waals surface area contributed by atoms with Crippen LogP contribution in [0.3, 0.4) is 0 Å². The van der Waals surface area contributed by atoms with Crippen LogP contribution in [0.5, 0.6) is 0 Å². The van der Waals surface area contributed by atoms with E-state index in [1.54, 1.807) is 0 Å². The van der Waals surface area contributed by atoms with E-state index in [4.69, 9.17) is 10.3 Å². The number of pyridine rings is 1. The van der Waals surface area contributed by atoms with E-state index in [0.29, 0.717) is 23.1 Å². The quantitative estimate of drug-likeness (QED) is 0.729. The average Bonchev–Trinajstić information content (AvgIpc) is 2.92. The van der Waals surface area contributed by atoms with Gasteiger partial charge in [-0.25, -0.2) is 4.98 Å². The lowest BCUT2D eigenvalue weighted by molar-refractivity contribution is 0.432.